The average Bonchev–Trinajstić information content (AvgIpc) is 2.49. The SMILES string of the molecule is CC[Si](CC)(CC)C(CS(=O)(=O)O)(C(=O)O)[Si](CC)(CC)CC. The van der Waals surface area contributed by atoms with E-state index in [9.17, 15) is 22.9 Å². The molecule has 0 unspecified atom stereocenters. The van der Waals surface area contributed by atoms with E-state index < -0.39 is 42.6 Å². The van der Waals surface area contributed by atoms with Crippen molar-refractivity contribution < 1.29 is 22.9 Å². The summed E-state index contributed by atoms with van der Waals surface area (Å²) in [5.41, 5.74) is 0. The first-order valence-electron chi connectivity index (χ1n) is 8.70. The molecule has 138 valence electrons. The lowest BCUT2D eigenvalue weighted by atomic mass is 10.4. The Hall–Kier alpha value is -0.186. The van der Waals surface area contributed by atoms with Gasteiger partial charge in [0.15, 0.2) is 0 Å². The fourth-order valence-electron chi connectivity index (χ4n) is 4.97. The van der Waals surface area contributed by atoms with E-state index in [1.165, 1.54) is 0 Å². The molecule has 0 aliphatic carbocycles. The molecule has 0 aromatic carbocycles. The lowest BCUT2D eigenvalue weighted by Gasteiger charge is -2.55. The molecule has 8 heteroatoms. The molecule has 0 aromatic rings. The molecular weight excluding hydrogens is 348 g/mol. The molecule has 0 radical (unpaired) electrons. The molecule has 0 amide bonds. The van der Waals surface area contributed by atoms with Gasteiger partial charge in [-0.3, -0.25) is 9.35 Å². The highest BCUT2D eigenvalue weighted by Crippen LogP contribution is 2.57. The summed E-state index contributed by atoms with van der Waals surface area (Å²) >= 11 is 0. The minimum atomic E-state index is -4.37. The minimum absolute atomic E-state index is 0.598. The van der Waals surface area contributed by atoms with Crippen LogP contribution < -0.4 is 0 Å². The fraction of sp³-hybridized carbons (Fsp3) is 0.933. The average molecular weight is 383 g/mol. The third kappa shape index (κ3) is 3.75. The third-order valence-electron chi connectivity index (χ3n) is 6.64. The van der Waals surface area contributed by atoms with E-state index in [0.29, 0.717) is 0 Å². The van der Waals surface area contributed by atoms with Gasteiger partial charge >= 0.3 is 5.97 Å². The minimum Gasteiger partial charge on any atom is -0.481 e. The smallest absolute Gasteiger partial charge is 0.305 e. The normalized spacial score (nSPS) is 14.0. The van der Waals surface area contributed by atoms with Gasteiger partial charge in [-0.15, -0.1) is 0 Å². The van der Waals surface area contributed by atoms with Gasteiger partial charge in [-0.2, -0.15) is 8.42 Å². The Labute approximate surface area is 143 Å². The van der Waals surface area contributed by atoms with Crippen molar-refractivity contribution in [1.82, 2.24) is 0 Å². The molecule has 0 saturated carbocycles. The molecule has 5 nitrogen and oxygen atoms in total. The molecule has 0 fully saturated rings. The van der Waals surface area contributed by atoms with Crippen molar-refractivity contribution >= 4 is 32.2 Å². The Balaban J connectivity index is 6.97. The molecule has 2 N–H and O–H groups in total. The summed E-state index contributed by atoms with van der Waals surface area (Å²) in [5, 5.41) is 10.3. The van der Waals surface area contributed by atoms with Gasteiger partial charge in [0, 0.05) is 0 Å². The Morgan fingerprint density at radius 2 is 1.09 bits per heavy atom. The molecule has 0 aromatic heterocycles. The molecule has 0 heterocycles. The van der Waals surface area contributed by atoms with E-state index in [4.69, 9.17) is 0 Å². The Bertz CT molecular complexity index is 459. The van der Waals surface area contributed by atoms with Crippen LogP contribution in [0.4, 0.5) is 0 Å². The summed E-state index contributed by atoms with van der Waals surface area (Å²) in [7, 11) is -9.26. The number of hydrogen-bond donors (Lipinski definition) is 2. The summed E-state index contributed by atoms with van der Waals surface area (Å²) in [5.74, 6) is -1.58. The third-order valence-corrected chi connectivity index (χ3v) is 23.7. The van der Waals surface area contributed by atoms with Gasteiger partial charge in [0.2, 0.25) is 0 Å². The molecule has 0 saturated heterocycles. The monoisotopic (exact) mass is 382 g/mol. The van der Waals surface area contributed by atoms with Crippen molar-refractivity contribution in [3.63, 3.8) is 0 Å². The van der Waals surface area contributed by atoms with Crippen molar-refractivity contribution in [2.45, 2.75) is 82.5 Å². The van der Waals surface area contributed by atoms with Crippen LogP contribution in [0.1, 0.15) is 41.5 Å². The predicted octanol–water partition coefficient (Wildman–Crippen LogP) is 4.26. The van der Waals surface area contributed by atoms with Gasteiger partial charge in [0.25, 0.3) is 10.1 Å². The van der Waals surface area contributed by atoms with Gasteiger partial charge in [-0.25, -0.2) is 0 Å². The van der Waals surface area contributed by atoms with E-state index in [-0.39, 0.29) is 0 Å². The second-order valence-corrected chi connectivity index (χ2v) is 19.6. The summed E-state index contributed by atoms with van der Waals surface area (Å²) < 4.78 is 32.2. The van der Waals surface area contributed by atoms with Crippen LogP contribution in [0, 0.1) is 0 Å². The highest BCUT2D eigenvalue weighted by molar-refractivity contribution is 7.86. The Morgan fingerprint density at radius 3 is 1.22 bits per heavy atom. The van der Waals surface area contributed by atoms with Crippen LogP contribution in [-0.2, 0) is 14.9 Å². The number of aliphatic carboxylic acids is 1. The number of carbonyl (C=O) groups is 1. The maximum atomic E-state index is 12.6. The van der Waals surface area contributed by atoms with Crippen molar-refractivity contribution in [3.8, 4) is 0 Å². The number of carboxylic acids is 1. The van der Waals surface area contributed by atoms with Gasteiger partial charge in [-0.1, -0.05) is 77.8 Å². The highest BCUT2D eigenvalue weighted by Gasteiger charge is 2.66. The zero-order valence-electron chi connectivity index (χ0n) is 15.5. The van der Waals surface area contributed by atoms with E-state index >= 15 is 0 Å². The lowest BCUT2D eigenvalue weighted by Crippen LogP contribution is -2.67. The largest absolute Gasteiger partial charge is 0.481 e. The fourth-order valence-corrected chi connectivity index (χ4v) is 24.4. The van der Waals surface area contributed by atoms with E-state index in [2.05, 4.69) is 0 Å². The summed E-state index contributed by atoms with van der Waals surface area (Å²) in [6, 6.07) is 4.40. The summed E-state index contributed by atoms with van der Waals surface area (Å²) in [4.78, 5) is 12.6. The van der Waals surface area contributed by atoms with Gasteiger partial charge < -0.3 is 5.11 Å². The molecule has 0 rings (SSSR count). The second kappa shape index (κ2) is 8.27. The van der Waals surface area contributed by atoms with E-state index in [1.807, 2.05) is 41.5 Å². The van der Waals surface area contributed by atoms with Gasteiger partial charge in [0.05, 0.1) is 26.6 Å². The maximum absolute atomic E-state index is 12.6. The summed E-state index contributed by atoms with van der Waals surface area (Å²) in [6.07, 6.45) is 0. The first-order chi connectivity index (χ1) is 10.5. The second-order valence-electron chi connectivity index (χ2n) is 6.62. The van der Waals surface area contributed by atoms with Crippen LogP contribution in [0.25, 0.3) is 0 Å². The number of rotatable bonds is 11. The number of carboxylic acid groups (broad SMARTS) is 1. The molecule has 0 spiro atoms. The van der Waals surface area contributed by atoms with Crippen molar-refractivity contribution in [2.75, 3.05) is 5.75 Å². The lowest BCUT2D eigenvalue weighted by molar-refractivity contribution is -0.138. The van der Waals surface area contributed by atoms with Crippen molar-refractivity contribution in [1.29, 1.82) is 0 Å². The zero-order chi connectivity index (χ0) is 18.5. The molecule has 0 bridgehead atoms. The van der Waals surface area contributed by atoms with Crippen LogP contribution in [-0.4, -0.2) is 45.9 Å². The molecule has 0 aliphatic heterocycles. The van der Waals surface area contributed by atoms with Crippen LogP contribution in [0.2, 0.25) is 40.9 Å². The summed E-state index contributed by atoms with van der Waals surface area (Å²) in [6.45, 7) is 12.0. The van der Waals surface area contributed by atoms with Crippen LogP contribution in [0.15, 0.2) is 0 Å². The Morgan fingerprint density at radius 1 is 0.826 bits per heavy atom. The molecular formula is C15H34O5SSi2. The quantitative estimate of drug-likeness (QED) is 0.411. The number of hydrogen-bond acceptors (Lipinski definition) is 3. The van der Waals surface area contributed by atoms with Crippen molar-refractivity contribution in [3.05, 3.63) is 0 Å². The maximum Gasteiger partial charge on any atom is 0.305 e. The Kier molecular flexibility index (Phi) is 8.20. The standard InChI is InChI=1S/C15H34O5SSi2/c1-7-22(8-2,9-3)15(14(16)17,13-21(18,19)20)23(10-4,11-5)12-6/h7-13H2,1-6H3,(H,16,17)(H,18,19,20). The van der Waals surface area contributed by atoms with Gasteiger partial charge in [0.1, 0.15) is 0 Å². The zero-order valence-corrected chi connectivity index (χ0v) is 18.3. The first-order valence-corrected chi connectivity index (χ1v) is 15.6. The highest BCUT2D eigenvalue weighted by atomic mass is 32.2. The van der Waals surface area contributed by atoms with Gasteiger partial charge in [-0.05, 0) is 0 Å². The van der Waals surface area contributed by atoms with Crippen LogP contribution in [0.5, 0.6) is 0 Å². The van der Waals surface area contributed by atoms with Crippen molar-refractivity contribution in [2.24, 2.45) is 0 Å². The molecule has 23 heavy (non-hydrogen) atoms. The predicted molar refractivity (Wildman–Crippen MR) is 101 cm³/mol. The van der Waals surface area contributed by atoms with E-state index in [0.717, 1.165) is 36.3 Å². The van der Waals surface area contributed by atoms with E-state index in [1.54, 1.807) is 0 Å². The van der Waals surface area contributed by atoms with Crippen LogP contribution in [0.3, 0.4) is 0 Å². The topological polar surface area (TPSA) is 91.7 Å². The molecule has 0 aliphatic rings. The first kappa shape index (κ1) is 22.8. The van der Waals surface area contributed by atoms with Crippen LogP contribution >= 0.6 is 0 Å². The molecule has 0 atom stereocenters.